The fourth-order valence-corrected chi connectivity index (χ4v) is 2.35. The van der Waals surface area contributed by atoms with Crippen molar-refractivity contribution in [1.29, 1.82) is 0 Å². The highest BCUT2D eigenvalue weighted by Crippen LogP contribution is 2.49. The maximum Gasteiger partial charge on any atom is 0.103 e. The number of alkyl halides is 1. The van der Waals surface area contributed by atoms with E-state index in [9.17, 15) is 4.39 Å². The number of halogens is 1. The molecule has 0 unspecified atom stereocenters. The van der Waals surface area contributed by atoms with E-state index in [2.05, 4.69) is 0 Å². The van der Waals surface area contributed by atoms with Crippen molar-refractivity contribution in [3.63, 3.8) is 0 Å². The highest BCUT2D eigenvalue weighted by Gasteiger charge is 2.45. The van der Waals surface area contributed by atoms with Gasteiger partial charge in [-0.15, -0.1) is 0 Å². The van der Waals surface area contributed by atoms with Gasteiger partial charge >= 0.3 is 0 Å². The molecule has 0 aromatic carbocycles. The summed E-state index contributed by atoms with van der Waals surface area (Å²) in [4.78, 5) is 0. The Morgan fingerprint density at radius 1 is 1.20 bits per heavy atom. The number of fused-ring (bicyclic) bond motifs is 2. The Kier molecular flexibility index (Phi) is 1.44. The summed E-state index contributed by atoms with van der Waals surface area (Å²) in [6.45, 7) is 0.692. The van der Waals surface area contributed by atoms with Gasteiger partial charge in [-0.3, -0.25) is 0 Å². The Hall–Kier alpha value is -0.110. The van der Waals surface area contributed by atoms with Gasteiger partial charge in [-0.05, 0) is 43.6 Å². The minimum absolute atomic E-state index is 0.410. The van der Waals surface area contributed by atoms with Gasteiger partial charge in [0.25, 0.3) is 0 Å². The summed E-state index contributed by atoms with van der Waals surface area (Å²) in [5.41, 5.74) is 5.51. The minimum Gasteiger partial charge on any atom is -0.330 e. The second kappa shape index (κ2) is 2.19. The van der Waals surface area contributed by atoms with Crippen LogP contribution in [0.3, 0.4) is 0 Å². The van der Waals surface area contributed by atoms with E-state index in [-0.39, 0.29) is 0 Å². The lowest BCUT2D eigenvalue weighted by Gasteiger charge is -2.48. The Morgan fingerprint density at radius 3 is 2.30 bits per heavy atom. The van der Waals surface area contributed by atoms with Gasteiger partial charge in [0.2, 0.25) is 0 Å². The molecule has 2 bridgehead atoms. The molecule has 0 radical (unpaired) electrons. The van der Waals surface area contributed by atoms with Gasteiger partial charge in [0.15, 0.2) is 0 Å². The number of rotatable bonds is 1. The smallest absolute Gasteiger partial charge is 0.103 e. The quantitative estimate of drug-likeness (QED) is 0.588. The summed E-state index contributed by atoms with van der Waals surface area (Å²) in [5.74, 6) is 1.69. The van der Waals surface area contributed by atoms with Crippen molar-refractivity contribution in [2.75, 3.05) is 6.54 Å². The van der Waals surface area contributed by atoms with Gasteiger partial charge in [-0.2, -0.15) is 0 Å². The van der Waals surface area contributed by atoms with E-state index in [0.29, 0.717) is 18.4 Å². The van der Waals surface area contributed by atoms with E-state index >= 15 is 0 Å². The lowest BCUT2D eigenvalue weighted by Crippen LogP contribution is -2.46. The zero-order chi connectivity index (χ0) is 7.14. The highest BCUT2D eigenvalue weighted by atomic mass is 19.1. The molecule has 0 heterocycles. The van der Waals surface area contributed by atoms with Crippen LogP contribution in [0.2, 0.25) is 0 Å². The Labute approximate surface area is 60.8 Å². The molecule has 10 heavy (non-hydrogen) atoms. The van der Waals surface area contributed by atoms with E-state index in [0.717, 1.165) is 25.2 Å². The van der Waals surface area contributed by atoms with Gasteiger partial charge in [0.1, 0.15) is 6.17 Å². The first-order valence-corrected chi connectivity index (χ1v) is 4.15. The molecule has 0 aliphatic heterocycles. The molecule has 1 nitrogen and oxygen atoms in total. The first kappa shape index (κ1) is 6.59. The van der Waals surface area contributed by atoms with Gasteiger partial charge in [0.05, 0.1) is 0 Å². The van der Waals surface area contributed by atoms with Crippen LogP contribution < -0.4 is 5.73 Å². The van der Waals surface area contributed by atoms with Crippen LogP contribution in [0.4, 0.5) is 4.39 Å². The van der Waals surface area contributed by atoms with E-state index in [1.165, 1.54) is 0 Å². The van der Waals surface area contributed by atoms with Crippen LogP contribution in [0.25, 0.3) is 0 Å². The highest BCUT2D eigenvalue weighted by molar-refractivity contribution is 4.95. The number of hydrogen-bond acceptors (Lipinski definition) is 1. The van der Waals surface area contributed by atoms with Gasteiger partial charge in [0, 0.05) is 0 Å². The van der Waals surface area contributed by atoms with E-state index in [4.69, 9.17) is 5.73 Å². The third-order valence-corrected chi connectivity index (χ3v) is 3.22. The molecule has 2 N–H and O–H groups in total. The van der Waals surface area contributed by atoms with Gasteiger partial charge < -0.3 is 5.73 Å². The summed E-state index contributed by atoms with van der Waals surface area (Å²) in [7, 11) is 0. The number of hydrogen-bond donors (Lipinski definition) is 1. The van der Waals surface area contributed by atoms with Gasteiger partial charge in [-0.25, -0.2) is 4.39 Å². The molecule has 0 amide bonds. The third-order valence-electron chi connectivity index (χ3n) is 3.22. The summed E-state index contributed by atoms with van der Waals surface area (Å²) >= 11 is 0. The van der Waals surface area contributed by atoms with E-state index in [1.54, 1.807) is 0 Å². The predicted molar refractivity (Wildman–Crippen MR) is 38.3 cm³/mol. The molecule has 0 aromatic rings. The average Bonchev–Trinajstić information content (AvgIpc) is 1.84. The SMILES string of the molecule is NC[C@H]1C[C@@H](F)C2CC1C2. The lowest BCUT2D eigenvalue weighted by molar-refractivity contribution is -0.0198. The standard InChI is InChI=1S/C8H14FN/c9-8-3-7(4-10)5-1-6(8)2-5/h5-8H,1-4,10H2/t5?,6?,7-,8-/m1/s1. The fraction of sp³-hybridized carbons (Fsp3) is 1.00. The predicted octanol–water partition coefficient (Wildman–Crippen LogP) is 1.33. The molecule has 2 atom stereocenters. The maximum absolute atomic E-state index is 13.0. The normalized spacial score (nSPS) is 52.2. The molecule has 3 aliphatic rings. The van der Waals surface area contributed by atoms with Gasteiger partial charge in [-0.1, -0.05) is 0 Å². The molecule has 0 spiro atoms. The lowest BCUT2D eigenvalue weighted by atomic mass is 9.59. The Morgan fingerprint density at radius 2 is 1.90 bits per heavy atom. The summed E-state index contributed by atoms with van der Waals surface area (Å²) in [6, 6.07) is 0. The van der Waals surface area contributed by atoms with Crippen molar-refractivity contribution < 1.29 is 4.39 Å². The second-order valence-electron chi connectivity index (χ2n) is 3.74. The first-order valence-electron chi connectivity index (χ1n) is 4.15. The van der Waals surface area contributed by atoms with Crippen LogP contribution in [0.1, 0.15) is 19.3 Å². The van der Waals surface area contributed by atoms with Crippen LogP contribution in [-0.2, 0) is 0 Å². The molecule has 3 saturated carbocycles. The molecule has 0 aromatic heterocycles. The fourth-order valence-electron chi connectivity index (χ4n) is 2.35. The van der Waals surface area contributed by atoms with Crippen LogP contribution >= 0.6 is 0 Å². The topological polar surface area (TPSA) is 26.0 Å². The Balaban J connectivity index is 1.99. The molecule has 3 rings (SSSR count). The summed E-state index contributed by atoms with van der Waals surface area (Å²) in [5, 5.41) is 0. The molecular weight excluding hydrogens is 129 g/mol. The first-order chi connectivity index (χ1) is 4.81. The van der Waals surface area contributed by atoms with Crippen LogP contribution in [0, 0.1) is 17.8 Å². The molecular formula is C8H14FN. The molecule has 3 fully saturated rings. The zero-order valence-electron chi connectivity index (χ0n) is 6.09. The average molecular weight is 143 g/mol. The monoisotopic (exact) mass is 143 g/mol. The van der Waals surface area contributed by atoms with Crippen molar-refractivity contribution >= 4 is 0 Å². The maximum atomic E-state index is 13.0. The van der Waals surface area contributed by atoms with Crippen molar-refractivity contribution in [3.8, 4) is 0 Å². The third kappa shape index (κ3) is 0.782. The molecule has 3 aliphatic carbocycles. The number of nitrogens with two attached hydrogens (primary N) is 1. The van der Waals surface area contributed by atoms with Crippen LogP contribution in [0.15, 0.2) is 0 Å². The molecule has 0 saturated heterocycles. The van der Waals surface area contributed by atoms with E-state index < -0.39 is 6.17 Å². The summed E-state index contributed by atoms with van der Waals surface area (Å²) < 4.78 is 13.0. The molecule has 58 valence electrons. The largest absolute Gasteiger partial charge is 0.330 e. The Bertz CT molecular complexity index is 131. The van der Waals surface area contributed by atoms with Crippen molar-refractivity contribution in [1.82, 2.24) is 0 Å². The minimum atomic E-state index is -0.529. The van der Waals surface area contributed by atoms with Crippen molar-refractivity contribution in [2.24, 2.45) is 23.5 Å². The van der Waals surface area contributed by atoms with Crippen molar-refractivity contribution in [2.45, 2.75) is 25.4 Å². The zero-order valence-corrected chi connectivity index (χ0v) is 6.09. The van der Waals surface area contributed by atoms with Crippen LogP contribution in [-0.4, -0.2) is 12.7 Å². The summed E-state index contributed by atoms with van der Waals surface area (Å²) in [6.07, 6.45) is 2.44. The molecule has 2 heteroatoms. The van der Waals surface area contributed by atoms with Crippen molar-refractivity contribution in [3.05, 3.63) is 0 Å². The second-order valence-corrected chi connectivity index (χ2v) is 3.74. The van der Waals surface area contributed by atoms with Crippen LogP contribution in [0.5, 0.6) is 0 Å². The van der Waals surface area contributed by atoms with E-state index in [1.807, 2.05) is 0 Å².